The molecule has 3 aliphatic heterocycles. The highest BCUT2D eigenvalue weighted by Gasteiger charge is 2.77. The van der Waals surface area contributed by atoms with Crippen LogP contribution in [-0.2, 0) is 28.7 Å². The van der Waals surface area contributed by atoms with Crippen LogP contribution >= 0.6 is 15.9 Å². The van der Waals surface area contributed by atoms with Crippen molar-refractivity contribution in [2.45, 2.75) is 74.2 Å². The summed E-state index contributed by atoms with van der Waals surface area (Å²) in [6, 6.07) is 13.7. The number of carbonyl (C=O) groups is 4. The van der Waals surface area contributed by atoms with E-state index in [9.17, 15) is 24.3 Å². The molecule has 0 aliphatic carbocycles. The number of methoxy groups -OCH3 is 1. The van der Waals surface area contributed by atoms with Crippen LogP contribution in [0.3, 0.4) is 0 Å². The number of carbonyl (C=O) groups excluding carboxylic acids is 4. The van der Waals surface area contributed by atoms with Gasteiger partial charge >= 0.3 is 5.97 Å². The third kappa shape index (κ3) is 7.64. The van der Waals surface area contributed by atoms with Gasteiger partial charge in [-0.25, -0.2) is 0 Å². The van der Waals surface area contributed by atoms with Gasteiger partial charge in [0.1, 0.15) is 24.0 Å². The van der Waals surface area contributed by atoms with Crippen molar-refractivity contribution in [2.24, 2.45) is 17.8 Å². The third-order valence-electron chi connectivity index (χ3n) is 10.1. The second kappa shape index (κ2) is 16.6. The molecule has 0 aromatic heterocycles. The molecule has 51 heavy (non-hydrogen) atoms. The number of amides is 3. The van der Waals surface area contributed by atoms with Crippen LogP contribution in [0.15, 0.2) is 79.9 Å². The first-order valence-electron chi connectivity index (χ1n) is 17.4. The van der Waals surface area contributed by atoms with Crippen LogP contribution in [0.4, 0.5) is 5.69 Å². The van der Waals surface area contributed by atoms with E-state index in [-0.39, 0.29) is 36.9 Å². The summed E-state index contributed by atoms with van der Waals surface area (Å²) >= 11 is 3.74. The van der Waals surface area contributed by atoms with Crippen LogP contribution in [-0.4, -0.2) is 89.2 Å². The number of likely N-dealkylation sites (tertiary alicyclic amines) is 1. The van der Waals surface area contributed by atoms with E-state index in [4.69, 9.17) is 14.2 Å². The molecule has 3 saturated heterocycles. The molecule has 3 amide bonds. The number of allylic oxidation sites excluding steroid dienone is 1. The molecule has 3 aliphatic rings. The van der Waals surface area contributed by atoms with Crippen LogP contribution in [0.25, 0.3) is 0 Å². The molecule has 1 spiro atoms. The van der Waals surface area contributed by atoms with Crippen LogP contribution in [0, 0.1) is 17.8 Å². The summed E-state index contributed by atoms with van der Waals surface area (Å²) in [5, 5.41) is 13.8. The topological polar surface area (TPSA) is 135 Å². The summed E-state index contributed by atoms with van der Waals surface area (Å²) < 4.78 is 17.6. The van der Waals surface area contributed by atoms with Crippen LogP contribution < -0.4 is 15.0 Å². The average Bonchev–Trinajstić information content (AvgIpc) is 3.73. The zero-order chi connectivity index (χ0) is 36.9. The van der Waals surface area contributed by atoms with Gasteiger partial charge in [-0.2, -0.15) is 0 Å². The van der Waals surface area contributed by atoms with Gasteiger partial charge in [-0.15, -0.1) is 13.2 Å². The van der Waals surface area contributed by atoms with E-state index in [1.165, 1.54) is 4.90 Å². The number of rotatable bonds is 17. The fourth-order valence-corrected chi connectivity index (χ4v) is 8.81. The number of ether oxygens (including phenoxy) is 3. The molecule has 2 bridgehead atoms. The Morgan fingerprint density at radius 2 is 1.84 bits per heavy atom. The van der Waals surface area contributed by atoms with E-state index in [1.54, 1.807) is 48.4 Å². The highest BCUT2D eigenvalue weighted by atomic mass is 79.9. The first kappa shape index (κ1) is 38.2. The number of benzene rings is 2. The number of nitrogens with one attached hydrogen (secondary N) is 1. The molecular weight excluding hydrogens is 718 g/mol. The monoisotopic (exact) mass is 765 g/mol. The number of alkyl halides is 1. The molecular formula is C39H48BrN3O8. The Hall–Kier alpha value is -4.00. The van der Waals surface area contributed by atoms with Crippen molar-refractivity contribution in [2.75, 3.05) is 31.8 Å². The summed E-state index contributed by atoms with van der Waals surface area (Å²) in [7, 11) is 1.56. The zero-order valence-corrected chi connectivity index (χ0v) is 31.0. The fourth-order valence-electron chi connectivity index (χ4n) is 7.86. The van der Waals surface area contributed by atoms with Gasteiger partial charge in [-0.3, -0.25) is 19.2 Å². The number of nitrogens with zero attached hydrogens (tertiary/aromatic N) is 2. The highest BCUT2D eigenvalue weighted by molar-refractivity contribution is 9.09. The minimum absolute atomic E-state index is 0.0931. The first-order chi connectivity index (χ1) is 24.5. The molecule has 274 valence electrons. The number of aliphatic hydroxyl groups excluding tert-OH is 1. The summed E-state index contributed by atoms with van der Waals surface area (Å²) in [6.07, 6.45) is 3.90. The van der Waals surface area contributed by atoms with Gasteiger partial charge in [0.2, 0.25) is 11.8 Å². The number of halogens is 1. The standard InChI is InChI=1S/C39H48BrN3O8/c1-6-8-14-31(45)50-23-30(25-12-10-9-11-13-25)41-36(46)32-33-37(47)43(27(22-44)20-24(3)4)35(39(33)21-29(40)34(32)51-39)38(48)42(19-7-2)26-15-17-28(49-5)18-16-26/h6-7,9-13,15-18,24,27,29-30,32-35,44H,1-2,8,14,19-23H2,3-5H3,(H,41,46)/t27-,29?,30-,32+,33-,34+,35+,39-/m1/s1. The lowest BCUT2D eigenvalue weighted by molar-refractivity contribution is -0.146. The molecule has 11 nitrogen and oxygen atoms in total. The minimum Gasteiger partial charge on any atom is -0.497 e. The van der Waals surface area contributed by atoms with Crippen molar-refractivity contribution in [3.63, 3.8) is 0 Å². The number of hydrogen-bond donors (Lipinski definition) is 2. The number of hydrogen-bond acceptors (Lipinski definition) is 8. The Labute approximate surface area is 308 Å². The summed E-state index contributed by atoms with van der Waals surface area (Å²) in [6.45, 7) is 11.2. The molecule has 1 unspecified atom stereocenters. The molecule has 3 fully saturated rings. The van der Waals surface area contributed by atoms with E-state index < -0.39 is 65.4 Å². The van der Waals surface area contributed by atoms with Crippen molar-refractivity contribution in [3.05, 3.63) is 85.5 Å². The predicted molar refractivity (Wildman–Crippen MR) is 196 cm³/mol. The van der Waals surface area contributed by atoms with Gasteiger partial charge in [0, 0.05) is 23.5 Å². The van der Waals surface area contributed by atoms with Crippen LogP contribution in [0.5, 0.6) is 5.75 Å². The number of fused-ring (bicyclic) bond motifs is 1. The zero-order valence-electron chi connectivity index (χ0n) is 29.4. The maximum absolute atomic E-state index is 15.0. The lowest BCUT2D eigenvalue weighted by Gasteiger charge is -2.39. The second-order valence-electron chi connectivity index (χ2n) is 13.8. The van der Waals surface area contributed by atoms with E-state index in [0.29, 0.717) is 30.7 Å². The molecule has 8 atom stereocenters. The van der Waals surface area contributed by atoms with E-state index in [1.807, 2.05) is 44.2 Å². The van der Waals surface area contributed by atoms with Gasteiger partial charge in [-0.1, -0.05) is 72.3 Å². The second-order valence-corrected chi connectivity index (χ2v) is 15.0. The van der Waals surface area contributed by atoms with Gasteiger partial charge in [0.05, 0.1) is 43.7 Å². The number of anilines is 1. The Morgan fingerprint density at radius 1 is 1.14 bits per heavy atom. The van der Waals surface area contributed by atoms with Crippen molar-refractivity contribution in [3.8, 4) is 5.75 Å². The molecule has 0 saturated carbocycles. The van der Waals surface area contributed by atoms with Crippen molar-refractivity contribution in [1.29, 1.82) is 0 Å². The van der Waals surface area contributed by atoms with Gasteiger partial charge in [-0.05, 0) is 55.0 Å². The van der Waals surface area contributed by atoms with Crippen molar-refractivity contribution >= 4 is 45.3 Å². The van der Waals surface area contributed by atoms with Gasteiger partial charge in [0.25, 0.3) is 5.91 Å². The fraction of sp³-hybridized carbons (Fsp3) is 0.487. The van der Waals surface area contributed by atoms with E-state index in [2.05, 4.69) is 34.4 Å². The minimum atomic E-state index is -1.36. The molecule has 2 N–H and O–H groups in total. The summed E-state index contributed by atoms with van der Waals surface area (Å²) in [5.41, 5.74) is -0.0613. The molecule has 3 heterocycles. The smallest absolute Gasteiger partial charge is 0.306 e. The Kier molecular flexibility index (Phi) is 12.4. The molecule has 0 radical (unpaired) electrons. The Balaban J connectivity index is 1.53. The summed E-state index contributed by atoms with van der Waals surface area (Å²) in [5.74, 6) is -2.93. The average molecular weight is 767 g/mol. The SMILES string of the molecule is C=CCCC(=O)OC[C@@H](NC(=O)[C@@H]1[C@H]2O[C@@]3(CC2Br)[C@H](C(=O)N(CC=C)c2ccc(OC)cc2)N([C@@H](CO)CC(C)C)C(=O)[C@@H]13)c1ccccc1. The highest BCUT2D eigenvalue weighted by Crippen LogP contribution is 2.61. The Morgan fingerprint density at radius 3 is 2.45 bits per heavy atom. The van der Waals surface area contributed by atoms with Crippen molar-refractivity contribution in [1.82, 2.24) is 10.2 Å². The normalized spacial score (nSPS) is 26.0. The molecule has 5 rings (SSSR count). The van der Waals surface area contributed by atoms with Gasteiger partial charge in [0.15, 0.2) is 0 Å². The van der Waals surface area contributed by atoms with Crippen LogP contribution in [0.1, 0.15) is 51.1 Å². The maximum Gasteiger partial charge on any atom is 0.306 e. The molecule has 2 aromatic carbocycles. The number of aliphatic hydroxyl groups is 1. The lowest BCUT2D eigenvalue weighted by Crippen LogP contribution is -2.59. The third-order valence-corrected chi connectivity index (χ3v) is 10.9. The molecule has 12 heteroatoms. The maximum atomic E-state index is 15.0. The first-order valence-corrected chi connectivity index (χ1v) is 18.4. The lowest BCUT2D eigenvalue weighted by atomic mass is 9.70. The predicted octanol–water partition coefficient (Wildman–Crippen LogP) is 4.74. The Bertz CT molecular complexity index is 1590. The quantitative estimate of drug-likeness (QED) is 0.134. The largest absolute Gasteiger partial charge is 0.497 e. The van der Waals surface area contributed by atoms with E-state index >= 15 is 0 Å². The van der Waals surface area contributed by atoms with E-state index in [0.717, 1.165) is 5.56 Å². The van der Waals surface area contributed by atoms with Gasteiger partial charge < -0.3 is 34.4 Å². The molecule has 2 aromatic rings. The van der Waals surface area contributed by atoms with Crippen molar-refractivity contribution < 1.29 is 38.5 Å². The number of esters is 1. The van der Waals surface area contributed by atoms with Crippen LogP contribution in [0.2, 0.25) is 0 Å². The summed E-state index contributed by atoms with van der Waals surface area (Å²) in [4.78, 5) is 59.4.